The number of rotatable bonds is 17. The van der Waals surface area contributed by atoms with Gasteiger partial charge in [-0.1, -0.05) is 66.2 Å². The fourth-order valence-corrected chi connectivity index (χ4v) is 3.52. The molecule has 0 rings (SSSR count). The minimum atomic E-state index is -0.551. The lowest BCUT2D eigenvalue weighted by atomic mass is 10.0. The first kappa shape index (κ1) is 28.4. The van der Waals surface area contributed by atoms with Crippen molar-refractivity contribution < 1.29 is 14.4 Å². The van der Waals surface area contributed by atoms with Gasteiger partial charge in [0.25, 0.3) is 0 Å². The van der Waals surface area contributed by atoms with Crippen LogP contribution in [0.2, 0.25) is 0 Å². The zero-order valence-corrected chi connectivity index (χ0v) is 20.3. The smallest absolute Gasteiger partial charge is 0.242 e. The van der Waals surface area contributed by atoms with Gasteiger partial charge < -0.3 is 16.0 Å². The van der Waals surface area contributed by atoms with E-state index in [0.29, 0.717) is 12.8 Å². The highest BCUT2D eigenvalue weighted by Crippen LogP contribution is 2.10. The Kier molecular flexibility index (Phi) is 16.2. The van der Waals surface area contributed by atoms with E-state index in [-0.39, 0.29) is 42.1 Å². The molecule has 0 aromatic rings. The van der Waals surface area contributed by atoms with Gasteiger partial charge in [0.2, 0.25) is 17.7 Å². The number of amides is 3. The van der Waals surface area contributed by atoms with Crippen molar-refractivity contribution in [1.29, 1.82) is 0 Å². The Morgan fingerprint density at radius 1 is 0.733 bits per heavy atom. The molecule has 0 aliphatic carbocycles. The summed E-state index contributed by atoms with van der Waals surface area (Å²) in [6.07, 6.45) is 9.68. The maximum atomic E-state index is 12.9. The predicted octanol–water partition coefficient (Wildman–Crippen LogP) is 4.47. The zero-order valence-electron chi connectivity index (χ0n) is 20.3. The van der Waals surface area contributed by atoms with E-state index in [9.17, 15) is 14.4 Å². The van der Waals surface area contributed by atoms with Crippen LogP contribution in [-0.2, 0) is 14.4 Å². The van der Waals surface area contributed by atoms with Crippen LogP contribution in [0, 0.1) is 5.92 Å². The van der Waals surface area contributed by atoms with E-state index in [1.165, 1.54) is 19.3 Å². The molecule has 0 fully saturated rings. The third-order valence-corrected chi connectivity index (χ3v) is 4.98. The van der Waals surface area contributed by atoms with E-state index in [4.69, 9.17) is 0 Å². The van der Waals surface area contributed by atoms with Crippen molar-refractivity contribution in [3.63, 3.8) is 0 Å². The molecule has 6 heteroatoms. The van der Waals surface area contributed by atoms with Crippen LogP contribution in [-0.4, -0.2) is 35.8 Å². The summed E-state index contributed by atoms with van der Waals surface area (Å²) in [7, 11) is 0. The molecule has 3 N–H and O–H groups in total. The molecule has 6 nitrogen and oxygen atoms in total. The molecule has 0 radical (unpaired) electrons. The molecule has 30 heavy (non-hydrogen) atoms. The molecule has 0 aromatic carbocycles. The van der Waals surface area contributed by atoms with Gasteiger partial charge in [-0.25, -0.2) is 0 Å². The van der Waals surface area contributed by atoms with Crippen molar-refractivity contribution in [2.24, 2.45) is 5.92 Å². The highest BCUT2D eigenvalue weighted by Gasteiger charge is 2.25. The maximum Gasteiger partial charge on any atom is 0.242 e. The lowest BCUT2D eigenvalue weighted by molar-refractivity contribution is -0.130. The zero-order chi connectivity index (χ0) is 22.9. The molecule has 176 valence electrons. The molecule has 3 amide bonds. The van der Waals surface area contributed by atoms with Gasteiger partial charge >= 0.3 is 0 Å². The largest absolute Gasteiger partial charge is 0.354 e. The van der Waals surface area contributed by atoms with Crippen molar-refractivity contribution in [1.82, 2.24) is 16.0 Å². The highest BCUT2D eigenvalue weighted by atomic mass is 16.2. The van der Waals surface area contributed by atoms with Crippen LogP contribution in [0.5, 0.6) is 0 Å². The average Bonchev–Trinajstić information content (AvgIpc) is 2.63. The van der Waals surface area contributed by atoms with Crippen molar-refractivity contribution in [3.05, 3.63) is 0 Å². The number of hydrogen-bond donors (Lipinski definition) is 3. The van der Waals surface area contributed by atoms with Crippen LogP contribution in [0.4, 0.5) is 0 Å². The molecule has 0 bridgehead atoms. The summed E-state index contributed by atoms with van der Waals surface area (Å²) in [6.45, 7) is 12.1. The quantitative estimate of drug-likeness (QED) is 0.301. The SMILES string of the molecule is CCCCCCCCC(=O)NC(CC(C)C)C(=O)NC(CCC)CC(=O)NC(C)C. The van der Waals surface area contributed by atoms with Gasteiger partial charge in [0.1, 0.15) is 6.04 Å². The summed E-state index contributed by atoms with van der Waals surface area (Å²) in [5.74, 6) is -0.0214. The summed E-state index contributed by atoms with van der Waals surface area (Å²) in [6, 6.07) is -0.693. The Morgan fingerprint density at radius 2 is 1.37 bits per heavy atom. The van der Waals surface area contributed by atoms with Crippen LogP contribution in [0.15, 0.2) is 0 Å². The topological polar surface area (TPSA) is 87.3 Å². The lowest BCUT2D eigenvalue weighted by Crippen LogP contribution is -2.51. The molecule has 0 spiro atoms. The monoisotopic (exact) mass is 425 g/mol. The summed E-state index contributed by atoms with van der Waals surface area (Å²) < 4.78 is 0. The van der Waals surface area contributed by atoms with Gasteiger partial charge in [-0.2, -0.15) is 0 Å². The van der Waals surface area contributed by atoms with E-state index in [0.717, 1.165) is 32.1 Å². The number of nitrogens with one attached hydrogen (secondary N) is 3. The molecular weight excluding hydrogens is 378 g/mol. The number of unbranched alkanes of at least 4 members (excludes halogenated alkanes) is 5. The Labute approximate surface area is 184 Å². The minimum absolute atomic E-state index is 0.0590. The first-order valence-corrected chi connectivity index (χ1v) is 12.1. The van der Waals surface area contributed by atoms with E-state index in [1.807, 2.05) is 34.6 Å². The standard InChI is InChI=1S/C24H47N3O3/c1-7-9-10-11-12-13-15-22(28)27-21(16-18(3)4)24(30)26-20(14-8-2)17-23(29)25-19(5)6/h18-21H,7-17H2,1-6H3,(H,25,29)(H,26,30)(H,27,28). The molecule has 0 heterocycles. The van der Waals surface area contributed by atoms with Gasteiger partial charge in [0.15, 0.2) is 0 Å². The molecule has 2 unspecified atom stereocenters. The van der Waals surface area contributed by atoms with Gasteiger partial charge in [-0.3, -0.25) is 14.4 Å². The van der Waals surface area contributed by atoms with Gasteiger partial charge in [-0.15, -0.1) is 0 Å². The molecule has 0 aromatic heterocycles. The van der Waals surface area contributed by atoms with E-state index < -0.39 is 6.04 Å². The summed E-state index contributed by atoms with van der Waals surface area (Å²) in [5, 5.41) is 8.82. The number of carbonyl (C=O) groups excluding carboxylic acids is 3. The second-order valence-corrected chi connectivity index (χ2v) is 9.19. The summed E-state index contributed by atoms with van der Waals surface area (Å²) in [5.41, 5.74) is 0. The van der Waals surface area contributed by atoms with Crippen LogP contribution in [0.25, 0.3) is 0 Å². The van der Waals surface area contributed by atoms with Gasteiger partial charge in [0.05, 0.1) is 0 Å². The fourth-order valence-electron chi connectivity index (χ4n) is 3.52. The van der Waals surface area contributed by atoms with E-state index in [2.05, 4.69) is 22.9 Å². The maximum absolute atomic E-state index is 12.9. The van der Waals surface area contributed by atoms with Crippen molar-refractivity contribution >= 4 is 17.7 Å². The second kappa shape index (κ2) is 17.1. The first-order chi connectivity index (χ1) is 14.2. The summed E-state index contributed by atoms with van der Waals surface area (Å²) in [4.78, 5) is 37.4. The Bertz CT molecular complexity index is 492. The van der Waals surface area contributed by atoms with Crippen LogP contribution in [0.1, 0.15) is 112 Å². The molecule has 2 atom stereocenters. The van der Waals surface area contributed by atoms with Crippen molar-refractivity contribution in [2.75, 3.05) is 0 Å². The van der Waals surface area contributed by atoms with Gasteiger partial charge in [0, 0.05) is 24.9 Å². The fraction of sp³-hybridized carbons (Fsp3) is 0.875. The van der Waals surface area contributed by atoms with Gasteiger partial charge in [-0.05, 0) is 39.0 Å². The first-order valence-electron chi connectivity index (χ1n) is 12.1. The Hall–Kier alpha value is -1.59. The van der Waals surface area contributed by atoms with Crippen LogP contribution in [0.3, 0.4) is 0 Å². The molecule has 0 saturated carbocycles. The van der Waals surface area contributed by atoms with Crippen LogP contribution >= 0.6 is 0 Å². The number of hydrogen-bond acceptors (Lipinski definition) is 3. The van der Waals surface area contributed by atoms with E-state index >= 15 is 0 Å². The lowest BCUT2D eigenvalue weighted by Gasteiger charge is -2.24. The predicted molar refractivity (Wildman–Crippen MR) is 124 cm³/mol. The highest BCUT2D eigenvalue weighted by molar-refractivity contribution is 5.88. The summed E-state index contributed by atoms with van der Waals surface area (Å²) >= 11 is 0. The van der Waals surface area contributed by atoms with Crippen LogP contribution < -0.4 is 16.0 Å². The normalized spacial score (nSPS) is 13.2. The average molecular weight is 426 g/mol. The Morgan fingerprint density at radius 3 is 1.93 bits per heavy atom. The number of carbonyl (C=O) groups is 3. The molecule has 0 aliphatic heterocycles. The molecule has 0 aliphatic rings. The second-order valence-electron chi connectivity index (χ2n) is 9.19. The third kappa shape index (κ3) is 15.3. The van der Waals surface area contributed by atoms with Crippen molar-refractivity contribution in [3.8, 4) is 0 Å². The minimum Gasteiger partial charge on any atom is -0.354 e. The molecule has 0 saturated heterocycles. The molecular formula is C24H47N3O3. The third-order valence-electron chi connectivity index (χ3n) is 4.98. The Balaban J connectivity index is 4.70. The van der Waals surface area contributed by atoms with Crippen molar-refractivity contribution in [2.45, 2.75) is 130 Å². The van der Waals surface area contributed by atoms with E-state index in [1.54, 1.807) is 0 Å².